The lowest BCUT2D eigenvalue weighted by Crippen LogP contribution is -2.01. The number of nitrogens with one attached hydrogen (secondary N) is 1. The number of aromatic nitrogens is 1. The normalized spacial score (nSPS) is 11.2. The van der Waals surface area contributed by atoms with Crippen LogP contribution < -0.4 is 14.9 Å². The Kier molecular flexibility index (Phi) is 7.21. The molecule has 0 aliphatic heterocycles. The number of rotatable bonds is 8. The van der Waals surface area contributed by atoms with Gasteiger partial charge in [-0.1, -0.05) is 51.5 Å². The molecule has 1 aromatic heterocycles. The highest BCUT2D eigenvalue weighted by Crippen LogP contribution is 2.37. The molecule has 4 rings (SSSR count). The summed E-state index contributed by atoms with van der Waals surface area (Å²) in [5.41, 5.74) is 5.91. The van der Waals surface area contributed by atoms with E-state index in [9.17, 15) is 0 Å². The lowest BCUT2D eigenvalue weighted by molar-refractivity contribution is 0.267. The van der Waals surface area contributed by atoms with Crippen molar-refractivity contribution < 1.29 is 9.47 Å². The van der Waals surface area contributed by atoms with Gasteiger partial charge in [0, 0.05) is 4.47 Å². The molecule has 158 valence electrons. The van der Waals surface area contributed by atoms with Crippen molar-refractivity contribution in [3.8, 4) is 11.5 Å². The minimum absolute atomic E-state index is 0.443. The van der Waals surface area contributed by atoms with Crippen molar-refractivity contribution in [2.24, 2.45) is 5.10 Å². The maximum absolute atomic E-state index is 6.05. The van der Waals surface area contributed by atoms with Crippen LogP contribution in [0.4, 0.5) is 5.13 Å². The summed E-state index contributed by atoms with van der Waals surface area (Å²) in [6.07, 6.45) is 1.73. The molecule has 4 aromatic rings. The monoisotopic (exact) mass is 559 g/mol. The van der Waals surface area contributed by atoms with Crippen LogP contribution in [-0.2, 0) is 6.61 Å². The van der Waals surface area contributed by atoms with Crippen molar-refractivity contribution in [3.63, 3.8) is 0 Å². The lowest BCUT2D eigenvalue weighted by Gasteiger charge is -2.14. The van der Waals surface area contributed by atoms with E-state index in [4.69, 9.17) is 9.47 Å². The molecule has 0 unspecified atom stereocenters. The fraction of sp³-hybridized carbons (Fsp3) is 0.130. The number of halogens is 2. The number of fused-ring (bicyclic) bond motifs is 1. The quantitative estimate of drug-likeness (QED) is 0.182. The van der Waals surface area contributed by atoms with Crippen LogP contribution in [0.5, 0.6) is 11.5 Å². The summed E-state index contributed by atoms with van der Waals surface area (Å²) in [4.78, 5) is 4.52. The minimum atomic E-state index is 0.443. The van der Waals surface area contributed by atoms with Gasteiger partial charge in [0.1, 0.15) is 6.61 Å². The first-order valence-corrected chi connectivity index (χ1v) is 12.0. The van der Waals surface area contributed by atoms with Gasteiger partial charge in [0.15, 0.2) is 11.5 Å². The molecule has 0 bridgehead atoms. The molecule has 3 aromatic carbocycles. The molecule has 0 aliphatic rings. The summed E-state index contributed by atoms with van der Waals surface area (Å²) in [6.45, 7) is 2.92. The molecule has 0 spiro atoms. The molecule has 0 atom stereocenters. The minimum Gasteiger partial charge on any atom is -0.490 e. The van der Waals surface area contributed by atoms with Crippen LogP contribution in [-0.4, -0.2) is 17.8 Å². The Balaban J connectivity index is 1.48. The predicted octanol–water partition coefficient (Wildman–Crippen LogP) is 7.25. The average Bonchev–Trinajstić information content (AvgIpc) is 3.17. The van der Waals surface area contributed by atoms with Crippen LogP contribution in [0.25, 0.3) is 10.2 Å². The van der Waals surface area contributed by atoms with Gasteiger partial charge in [-0.05, 0) is 70.4 Å². The molecule has 0 saturated carbocycles. The van der Waals surface area contributed by atoms with E-state index in [0.717, 1.165) is 35.4 Å². The highest BCUT2D eigenvalue weighted by atomic mass is 79.9. The van der Waals surface area contributed by atoms with E-state index in [0.29, 0.717) is 24.7 Å². The topological polar surface area (TPSA) is 55.7 Å². The van der Waals surface area contributed by atoms with Crippen molar-refractivity contribution >= 4 is 64.8 Å². The molecular weight excluding hydrogens is 542 g/mol. The number of thiazole rings is 1. The zero-order chi connectivity index (χ0) is 21.6. The fourth-order valence-electron chi connectivity index (χ4n) is 2.88. The molecular formula is C23H19Br2N3O2S. The fourth-order valence-corrected chi connectivity index (χ4v) is 4.54. The largest absolute Gasteiger partial charge is 0.490 e. The van der Waals surface area contributed by atoms with Gasteiger partial charge in [-0.25, -0.2) is 4.98 Å². The van der Waals surface area contributed by atoms with Gasteiger partial charge in [-0.3, -0.25) is 5.43 Å². The molecule has 0 amide bonds. The third kappa shape index (κ3) is 5.64. The second-order valence-electron chi connectivity index (χ2n) is 6.53. The van der Waals surface area contributed by atoms with Gasteiger partial charge in [0.25, 0.3) is 0 Å². The van der Waals surface area contributed by atoms with Crippen LogP contribution in [0.1, 0.15) is 18.1 Å². The molecule has 1 N–H and O–H groups in total. The van der Waals surface area contributed by atoms with Gasteiger partial charge in [0.2, 0.25) is 5.13 Å². The summed E-state index contributed by atoms with van der Waals surface area (Å²) < 4.78 is 14.8. The standard InChI is InChI=1S/C23H19Br2N3O2S/c1-2-29-20-12-16(13-26-28-23-27-19-5-3-4-6-21(19)31-23)11-18(25)22(20)30-14-15-7-9-17(24)10-8-15/h3-13H,2,14H2,1H3,(H,27,28)/b26-13-. The maximum atomic E-state index is 6.05. The van der Waals surface area contributed by atoms with Gasteiger partial charge >= 0.3 is 0 Å². The van der Waals surface area contributed by atoms with Crippen LogP contribution in [0.2, 0.25) is 0 Å². The summed E-state index contributed by atoms with van der Waals surface area (Å²) in [5, 5.41) is 5.08. The zero-order valence-electron chi connectivity index (χ0n) is 16.6. The molecule has 5 nitrogen and oxygen atoms in total. The summed E-state index contributed by atoms with van der Waals surface area (Å²) in [6, 6.07) is 19.9. The SMILES string of the molecule is CCOc1cc(/C=N\Nc2nc3ccccc3s2)cc(Br)c1OCc1ccc(Br)cc1. The third-order valence-corrected chi connectivity index (χ3v) is 6.35. The van der Waals surface area contributed by atoms with E-state index < -0.39 is 0 Å². The lowest BCUT2D eigenvalue weighted by atomic mass is 10.2. The Labute approximate surface area is 201 Å². The number of hydrogen-bond acceptors (Lipinski definition) is 6. The summed E-state index contributed by atoms with van der Waals surface area (Å²) in [7, 11) is 0. The van der Waals surface area contributed by atoms with E-state index in [-0.39, 0.29) is 0 Å². The predicted molar refractivity (Wildman–Crippen MR) is 135 cm³/mol. The van der Waals surface area contributed by atoms with Crippen LogP contribution >= 0.6 is 43.2 Å². The number of ether oxygens (including phenoxy) is 2. The Morgan fingerprint density at radius 2 is 1.87 bits per heavy atom. The highest BCUT2D eigenvalue weighted by molar-refractivity contribution is 9.10. The Bertz CT molecular complexity index is 1180. The number of hydrazone groups is 1. The molecule has 8 heteroatoms. The number of benzene rings is 3. The van der Waals surface area contributed by atoms with Crippen molar-refractivity contribution in [1.29, 1.82) is 0 Å². The van der Waals surface area contributed by atoms with Crippen LogP contribution in [0.3, 0.4) is 0 Å². The molecule has 0 saturated heterocycles. The van der Waals surface area contributed by atoms with Gasteiger partial charge in [0.05, 0.1) is 27.5 Å². The van der Waals surface area contributed by atoms with Gasteiger partial charge in [-0.2, -0.15) is 5.10 Å². The smallest absolute Gasteiger partial charge is 0.204 e. The van der Waals surface area contributed by atoms with E-state index in [2.05, 4.69) is 47.4 Å². The Morgan fingerprint density at radius 3 is 2.65 bits per heavy atom. The molecule has 1 heterocycles. The first kappa shape index (κ1) is 21.8. The van der Waals surface area contributed by atoms with Crippen molar-refractivity contribution in [2.75, 3.05) is 12.0 Å². The summed E-state index contributed by atoms with van der Waals surface area (Å²) in [5.74, 6) is 1.33. The average molecular weight is 561 g/mol. The zero-order valence-corrected chi connectivity index (χ0v) is 20.6. The summed E-state index contributed by atoms with van der Waals surface area (Å²) >= 11 is 8.62. The van der Waals surface area contributed by atoms with Crippen molar-refractivity contribution in [2.45, 2.75) is 13.5 Å². The molecule has 31 heavy (non-hydrogen) atoms. The Morgan fingerprint density at radius 1 is 1.06 bits per heavy atom. The highest BCUT2D eigenvalue weighted by Gasteiger charge is 2.12. The van der Waals surface area contributed by atoms with Crippen LogP contribution in [0.15, 0.2) is 74.7 Å². The van der Waals surface area contributed by atoms with Gasteiger partial charge < -0.3 is 9.47 Å². The number of hydrogen-bond donors (Lipinski definition) is 1. The Hall–Kier alpha value is -2.42. The van der Waals surface area contributed by atoms with E-state index >= 15 is 0 Å². The second-order valence-corrected chi connectivity index (χ2v) is 9.34. The first-order chi connectivity index (χ1) is 15.1. The molecule has 0 fully saturated rings. The molecule has 0 aliphatic carbocycles. The third-order valence-electron chi connectivity index (χ3n) is 4.30. The number of nitrogens with zero attached hydrogens (tertiary/aromatic N) is 2. The van der Waals surface area contributed by atoms with Gasteiger partial charge in [-0.15, -0.1) is 0 Å². The van der Waals surface area contributed by atoms with Crippen LogP contribution in [0, 0.1) is 0 Å². The van der Waals surface area contributed by atoms with E-state index in [1.165, 1.54) is 0 Å². The molecule has 0 radical (unpaired) electrons. The van der Waals surface area contributed by atoms with E-state index in [1.807, 2.05) is 67.6 Å². The van der Waals surface area contributed by atoms with E-state index in [1.54, 1.807) is 17.6 Å². The number of anilines is 1. The van der Waals surface area contributed by atoms with Crippen molar-refractivity contribution in [3.05, 3.63) is 80.7 Å². The number of para-hydroxylation sites is 1. The first-order valence-electron chi connectivity index (χ1n) is 9.60. The maximum Gasteiger partial charge on any atom is 0.204 e. The van der Waals surface area contributed by atoms with Crippen molar-refractivity contribution in [1.82, 2.24) is 4.98 Å². The second kappa shape index (κ2) is 10.3.